The highest BCUT2D eigenvalue weighted by Gasteiger charge is 2.30. The number of ketones is 1. The van der Waals surface area contributed by atoms with Crippen LogP contribution in [0.25, 0.3) is 0 Å². The molecule has 0 fully saturated rings. The Hall–Kier alpha value is -1.39. The summed E-state index contributed by atoms with van der Waals surface area (Å²) in [7, 11) is 1.15. The molecule has 0 aromatic rings. The molecule has 0 radical (unpaired) electrons. The van der Waals surface area contributed by atoms with Crippen LogP contribution >= 0.6 is 0 Å². The molecule has 5 heteroatoms. The van der Waals surface area contributed by atoms with Gasteiger partial charge in [0.1, 0.15) is 11.8 Å². The summed E-state index contributed by atoms with van der Waals surface area (Å²) in [5.74, 6) is -4.77. The summed E-state index contributed by atoms with van der Waals surface area (Å²) in [5.41, 5.74) is 0. The maximum Gasteiger partial charge on any atom is 0.315 e. The molecule has 0 aliphatic carbocycles. The molecule has 1 N–H and O–H groups in total. The van der Waals surface area contributed by atoms with Crippen molar-refractivity contribution in [1.29, 1.82) is 0 Å². The van der Waals surface area contributed by atoms with E-state index in [1.165, 1.54) is 13.8 Å². The third kappa shape index (κ3) is 2.85. The minimum atomic E-state index is -1.24. The summed E-state index contributed by atoms with van der Waals surface area (Å²) in [6, 6.07) is 0. The van der Waals surface area contributed by atoms with E-state index in [-0.39, 0.29) is 0 Å². The average Bonchev–Trinajstić information content (AvgIpc) is 2.12. The largest absolute Gasteiger partial charge is 0.481 e. The first-order valence-corrected chi connectivity index (χ1v) is 3.76. The van der Waals surface area contributed by atoms with E-state index < -0.39 is 29.6 Å². The monoisotopic (exact) mass is 188 g/mol. The van der Waals surface area contributed by atoms with Gasteiger partial charge in [-0.25, -0.2) is 0 Å². The number of hydrogen-bond acceptors (Lipinski definition) is 4. The number of carboxylic acids is 1. The van der Waals surface area contributed by atoms with Crippen molar-refractivity contribution in [3.8, 4) is 0 Å². The second-order valence-corrected chi connectivity index (χ2v) is 2.71. The normalized spacial score (nSPS) is 14.4. The van der Waals surface area contributed by atoms with E-state index in [4.69, 9.17) is 5.11 Å². The van der Waals surface area contributed by atoms with Crippen LogP contribution in [0.3, 0.4) is 0 Å². The second kappa shape index (κ2) is 4.59. The molecule has 0 bridgehead atoms. The number of methoxy groups -OCH3 is 1. The van der Waals surface area contributed by atoms with Crippen molar-refractivity contribution in [3.05, 3.63) is 0 Å². The number of esters is 1. The van der Waals surface area contributed by atoms with Crippen LogP contribution in [-0.2, 0) is 19.1 Å². The van der Waals surface area contributed by atoms with Crippen molar-refractivity contribution in [2.45, 2.75) is 13.8 Å². The number of rotatable bonds is 4. The van der Waals surface area contributed by atoms with Gasteiger partial charge in [-0.15, -0.1) is 0 Å². The van der Waals surface area contributed by atoms with Gasteiger partial charge in [-0.05, 0) is 13.8 Å². The highest BCUT2D eigenvalue weighted by molar-refractivity contribution is 6.07. The topological polar surface area (TPSA) is 80.7 Å². The van der Waals surface area contributed by atoms with E-state index >= 15 is 0 Å². The van der Waals surface area contributed by atoms with E-state index in [9.17, 15) is 14.4 Å². The zero-order valence-corrected chi connectivity index (χ0v) is 7.73. The van der Waals surface area contributed by atoms with Crippen molar-refractivity contribution in [2.24, 2.45) is 11.8 Å². The van der Waals surface area contributed by atoms with Gasteiger partial charge in [-0.1, -0.05) is 0 Å². The van der Waals surface area contributed by atoms with Gasteiger partial charge in [0.15, 0.2) is 5.78 Å². The summed E-state index contributed by atoms with van der Waals surface area (Å²) in [4.78, 5) is 32.4. The molecule has 0 aromatic heterocycles. The number of hydrogen-bond donors (Lipinski definition) is 1. The van der Waals surface area contributed by atoms with Crippen LogP contribution in [0.4, 0.5) is 0 Å². The van der Waals surface area contributed by atoms with E-state index in [0.29, 0.717) is 0 Å². The molecule has 0 aromatic carbocycles. The third-order valence-electron chi connectivity index (χ3n) is 1.78. The molecule has 5 nitrogen and oxygen atoms in total. The van der Waals surface area contributed by atoms with E-state index in [0.717, 1.165) is 7.11 Å². The molecule has 2 atom stereocenters. The lowest BCUT2D eigenvalue weighted by atomic mass is 9.96. The van der Waals surface area contributed by atoms with Gasteiger partial charge in [0, 0.05) is 0 Å². The number of aliphatic carboxylic acids is 1. The van der Waals surface area contributed by atoms with Crippen LogP contribution in [0.5, 0.6) is 0 Å². The van der Waals surface area contributed by atoms with Gasteiger partial charge in [-0.2, -0.15) is 0 Å². The summed E-state index contributed by atoms with van der Waals surface area (Å²) < 4.78 is 4.31. The molecule has 0 heterocycles. The number of Topliss-reactive ketones (excluding diaryl/α,β-unsaturated/α-hetero) is 1. The molecule has 0 aliphatic heterocycles. The number of carbonyl (C=O) groups is 3. The molecule has 0 saturated heterocycles. The Morgan fingerprint density at radius 2 is 1.62 bits per heavy atom. The maximum absolute atomic E-state index is 11.2. The standard InChI is InChI=1S/C8H12O5/c1-4(7(10)11)6(9)5(2)8(12)13-3/h4-5H,1-3H3,(H,10,11). The molecule has 0 saturated carbocycles. The lowest BCUT2D eigenvalue weighted by molar-refractivity contribution is -0.152. The number of carbonyl (C=O) groups excluding carboxylic acids is 2. The van der Waals surface area contributed by atoms with E-state index in [1.54, 1.807) is 0 Å². The SMILES string of the molecule is COC(=O)C(C)C(=O)C(C)C(=O)O. The summed E-state index contributed by atoms with van der Waals surface area (Å²) >= 11 is 0. The Morgan fingerprint density at radius 3 is 1.92 bits per heavy atom. The first kappa shape index (κ1) is 11.6. The fourth-order valence-corrected chi connectivity index (χ4v) is 0.790. The molecular formula is C8H12O5. The zero-order chi connectivity index (χ0) is 10.6. The molecule has 0 spiro atoms. The predicted octanol–water partition coefficient (Wildman–Crippen LogP) is 0.0853. The average molecular weight is 188 g/mol. The lowest BCUT2D eigenvalue weighted by Crippen LogP contribution is -2.31. The van der Waals surface area contributed by atoms with Crippen molar-refractivity contribution >= 4 is 17.7 Å². The van der Waals surface area contributed by atoms with Crippen LogP contribution in [0.2, 0.25) is 0 Å². The second-order valence-electron chi connectivity index (χ2n) is 2.71. The van der Waals surface area contributed by atoms with Gasteiger partial charge < -0.3 is 9.84 Å². The van der Waals surface area contributed by atoms with Crippen molar-refractivity contribution in [1.82, 2.24) is 0 Å². The summed E-state index contributed by atoms with van der Waals surface area (Å²) in [6.07, 6.45) is 0. The maximum atomic E-state index is 11.2. The Morgan fingerprint density at radius 1 is 1.15 bits per heavy atom. The first-order chi connectivity index (χ1) is 5.91. The molecule has 0 aliphatic rings. The highest BCUT2D eigenvalue weighted by atomic mass is 16.5. The Bertz CT molecular complexity index is 233. The van der Waals surface area contributed by atoms with E-state index in [1.807, 2.05) is 0 Å². The molecule has 0 amide bonds. The van der Waals surface area contributed by atoms with E-state index in [2.05, 4.69) is 4.74 Å². The Balaban J connectivity index is 4.42. The highest BCUT2D eigenvalue weighted by Crippen LogP contribution is 2.08. The first-order valence-electron chi connectivity index (χ1n) is 3.76. The van der Waals surface area contributed by atoms with Gasteiger partial charge in [-0.3, -0.25) is 14.4 Å². The van der Waals surface area contributed by atoms with Gasteiger partial charge in [0.25, 0.3) is 0 Å². The number of ether oxygens (including phenoxy) is 1. The fourth-order valence-electron chi connectivity index (χ4n) is 0.790. The predicted molar refractivity (Wildman–Crippen MR) is 43.0 cm³/mol. The van der Waals surface area contributed by atoms with Gasteiger partial charge in [0.2, 0.25) is 0 Å². The Kier molecular flexibility index (Phi) is 4.10. The van der Waals surface area contributed by atoms with Crippen LogP contribution in [0, 0.1) is 11.8 Å². The smallest absolute Gasteiger partial charge is 0.315 e. The van der Waals surface area contributed by atoms with Crippen LogP contribution in [-0.4, -0.2) is 29.9 Å². The van der Waals surface area contributed by atoms with Gasteiger partial charge >= 0.3 is 11.9 Å². The molecule has 2 unspecified atom stereocenters. The molecule has 74 valence electrons. The number of carboxylic acid groups (broad SMARTS) is 1. The molecular weight excluding hydrogens is 176 g/mol. The van der Waals surface area contributed by atoms with Gasteiger partial charge in [0.05, 0.1) is 7.11 Å². The summed E-state index contributed by atoms with van der Waals surface area (Å²) in [6.45, 7) is 2.57. The quantitative estimate of drug-likeness (QED) is 0.499. The molecule has 0 rings (SSSR count). The Labute approximate surface area is 75.7 Å². The van der Waals surface area contributed by atoms with Crippen molar-refractivity contribution in [3.63, 3.8) is 0 Å². The molecule has 13 heavy (non-hydrogen) atoms. The van der Waals surface area contributed by atoms with Crippen LogP contribution in [0.1, 0.15) is 13.8 Å². The van der Waals surface area contributed by atoms with Crippen molar-refractivity contribution in [2.75, 3.05) is 7.11 Å². The van der Waals surface area contributed by atoms with Crippen LogP contribution in [0.15, 0.2) is 0 Å². The van der Waals surface area contributed by atoms with Crippen LogP contribution < -0.4 is 0 Å². The minimum absolute atomic E-state index is 0.639. The summed E-state index contributed by atoms with van der Waals surface area (Å²) in [5, 5.41) is 8.48. The lowest BCUT2D eigenvalue weighted by Gasteiger charge is -2.10. The fraction of sp³-hybridized carbons (Fsp3) is 0.625. The van der Waals surface area contributed by atoms with Crippen molar-refractivity contribution < 1.29 is 24.2 Å². The minimum Gasteiger partial charge on any atom is -0.481 e. The third-order valence-corrected chi connectivity index (χ3v) is 1.78. The zero-order valence-electron chi connectivity index (χ0n) is 7.73.